The van der Waals surface area contributed by atoms with Gasteiger partial charge < -0.3 is 5.32 Å². The maximum absolute atomic E-state index is 4.51. The molecule has 0 spiro atoms. The number of anilines is 1. The number of aromatic nitrogens is 3. The molecule has 0 bridgehead atoms. The summed E-state index contributed by atoms with van der Waals surface area (Å²) < 4.78 is 0. The predicted molar refractivity (Wildman–Crippen MR) is 96.5 cm³/mol. The van der Waals surface area contributed by atoms with Crippen LogP contribution in [0.2, 0.25) is 0 Å². The number of pyridine rings is 1. The topological polar surface area (TPSA) is 50.7 Å². The van der Waals surface area contributed by atoms with Gasteiger partial charge in [-0.2, -0.15) is 0 Å². The summed E-state index contributed by atoms with van der Waals surface area (Å²) in [4.78, 5) is 4.51. The summed E-state index contributed by atoms with van der Waals surface area (Å²) in [7, 11) is 0. The van der Waals surface area contributed by atoms with Crippen molar-refractivity contribution in [2.75, 3.05) is 5.32 Å². The fraction of sp³-hybridized carbons (Fsp3) is 0.0500. The van der Waals surface area contributed by atoms with Crippen molar-refractivity contribution >= 4 is 16.7 Å². The van der Waals surface area contributed by atoms with Crippen molar-refractivity contribution in [3.63, 3.8) is 0 Å². The minimum absolute atomic E-state index is 0.686. The third-order valence-electron chi connectivity index (χ3n) is 3.89. The molecule has 0 unspecified atom stereocenters. The molecule has 0 aliphatic carbocycles. The molecule has 2 aromatic carbocycles. The molecule has 0 radical (unpaired) electrons. The molecule has 0 atom stereocenters. The van der Waals surface area contributed by atoms with Crippen molar-refractivity contribution in [3.05, 3.63) is 84.6 Å². The molecule has 0 saturated carbocycles. The first-order valence-corrected chi connectivity index (χ1v) is 7.86. The van der Waals surface area contributed by atoms with Crippen LogP contribution in [0.15, 0.2) is 79.0 Å². The van der Waals surface area contributed by atoms with Gasteiger partial charge in [0.2, 0.25) is 0 Å². The lowest BCUT2D eigenvalue weighted by molar-refractivity contribution is 1.02. The second-order valence-corrected chi connectivity index (χ2v) is 5.50. The number of benzene rings is 2. The van der Waals surface area contributed by atoms with Crippen molar-refractivity contribution in [1.29, 1.82) is 0 Å². The molecule has 4 rings (SSSR count). The van der Waals surface area contributed by atoms with Crippen molar-refractivity contribution in [1.82, 2.24) is 15.2 Å². The minimum Gasteiger partial charge on any atom is -0.363 e. The summed E-state index contributed by atoms with van der Waals surface area (Å²) in [6, 6.07) is 24.2. The van der Waals surface area contributed by atoms with Crippen LogP contribution in [0.5, 0.6) is 0 Å². The van der Waals surface area contributed by atoms with E-state index in [9.17, 15) is 0 Å². The van der Waals surface area contributed by atoms with E-state index in [0.717, 1.165) is 22.2 Å². The van der Waals surface area contributed by atoms with Gasteiger partial charge in [0.15, 0.2) is 5.82 Å². The van der Waals surface area contributed by atoms with E-state index in [1.807, 2.05) is 60.7 Å². The van der Waals surface area contributed by atoms with Gasteiger partial charge in [0, 0.05) is 23.7 Å². The third kappa shape index (κ3) is 2.82. The van der Waals surface area contributed by atoms with E-state index in [4.69, 9.17) is 0 Å². The molecule has 0 fully saturated rings. The van der Waals surface area contributed by atoms with Gasteiger partial charge >= 0.3 is 0 Å². The van der Waals surface area contributed by atoms with Gasteiger partial charge in [-0.25, -0.2) is 0 Å². The van der Waals surface area contributed by atoms with E-state index >= 15 is 0 Å². The first kappa shape index (κ1) is 14.3. The van der Waals surface area contributed by atoms with Gasteiger partial charge in [-0.15, -0.1) is 10.2 Å². The number of nitrogens with zero attached hydrogens (tertiary/aromatic N) is 3. The van der Waals surface area contributed by atoms with Crippen molar-refractivity contribution in [2.24, 2.45) is 0 Å². The standard InChI is InChI=1S/C20H16N4/c1-3-8-15(9-4-1)14-22-20-19-17(12-7-13-21-19)18(23-24-20)16-10-5-2-6-11-16/h1-13H,14H2,(H,22,24). The third-order valence-corrected chi connectivity index (χ3v) is 3.89. The summed E-state index contributed by atoms with van der Waals surface area (Å²) in [6.45, 7) is 0.686. The van der Waals surface area contributed by atoms with E-state index in [2.05, 4.69) is 32.6 Å². The molecule has 0 aliphatic heterocycles. The summed E-state index contributed by atoms with van der Waals surface area (Å²) in [6.07, 6.45) is 1.78. The van der Waals surface area contributed by atoms with E-state index < -0.39 is 0 Å². The zero-order valence-electron chi connectivity index (χ0n) is 13.1. The normalized spacial score (nSPS) is 10.7. The van der Waals surface area contributed by atoms with Crippen LogP contribution in [0.25, 0.3) is 22.2 Å². The van der Waals surface area contributed by atoms with Crippen molar-refractivity contribution < 1.29 is 0 Å². The molecule has 4 aromatic rings. The van der Waals surface area contributed by atoms with Gasteiger partial charge in [0.05, 0.1) is 0 Å². The zero-order chi connectivity index (χ0) is 16.2. The number of nitrogens with one attached hydrogen (secondary N) is 1. The summed E-state index contributed by atoms with van der Waals surface area (Å²) in [5, 5.41) is 13.2. The van der Waals surface area contributed by atoms with Gasteiger partial charge in [0.25, 0.3) is 0 Å². The number of rotatable bonds is 4. The van der Waals surface area contributed by atoms with Crippen molar-refractivity contribution in [2.45, 2.75) is 6.54 Å². The lowest BCUT2D eigenvalue weighted by atomic mass is 10.1. The highest BCUT2D eigenvalue weighted by molar-refractivity contribution is 5.97. The fourth-order valence-electron chi connectivity index (χ4n) is 2.70. The lowest BCUT2D eigenvalue weighted by Gasteiger charge is -2.10. The Bertz CT molecular complexity index is 953. The molecule has 2 aromatic heterocycles. The maximum atomic E-state index is 4.51. The minimum atomic E-state index is 0.686. The first-order valence-electron chi connectivity index (χ1n) is 7.86. The highest BCUT2D eigenvalue weighted by atomic mass is 15.2. The molecule has 1 N–H and O–H groups in total. The fourth-order valence-corrected chi connectivity index (χ4v) is 2.70. The molecule has 0 saturated heterocycles. The van der Waals surface area contributed by atoms with Crippen molar-refractivity contribution in [3.8, 4) is 11.3 Å². The Kier molecular flexibility index (Phi) is 3.86. The molecule has 2 heterocycles. The number of hydrogen-bond donors (Lipinski definition) is 1. The molecule has 116 valence electrons. The zero-order valence-corrected chi connectivity index (χ0v) is 13.1. The number of fused-ring (bicyclic) bond motifs is 1. The van der Waals surface area contributed by atoms with E-state index in [-0.39, 0.29) is 0 Å². The van der Waals surface area contributed by atoms with Crippen LogP contribution in [-0.2, 0) is 6.54 Å². The summed E-state index contributed by atoms with van der Waals surface area (Å²) in [5.74, 6) is 0.703. The van der Waals surface area contributed by atoms with E-state index in [1.54, 1.807) is 6.20 Å². The second kappa shape index (κ2) is 6.46. The molecular formula is C20H16N4. The Balaban J connectivity index is 1.73. The Hall–Kier alpha value is -3.27. The van der Waals surface area contributed by atoms with Crippen LogP contribution in [0.1, 0.15) is 5.56 Å². The molecule has 0 amide bonds. The quantitative estimate of drug-likeness (QED) is 0.610. The summed E-state index contributed by atoms with van der Waals surface area (Å²) in [5.41, 5.74) is 3.92. The Morgan fingerprint density at radius 1 is 0.750 bits per heavy atom. The monoisotopic (exact) mass is 312 g/mol. The Labute approximate surface area is 140 Å². The van der Waals surface area contributed by atoms with Gasteiger partial charge in [-0.3, -0.25) is 4.98 Å². The van der Waals surface area contributed by atoms with Gasteiger partial charge in [-0.05, 0) is 17.7 Å². The van der Waals surface area contributed by atoms with Crippen LogP contribution < -0.4 is 5.32 Å². The SMILES string of the molecule is c1ccc(CNc2nnc(-c3ccccc3)c3cccnc23)cc1. The highest BCUT2D eigenvalue weighted by Crippen LogP contribution is 2.28. The Morgan fingerprint density at radius 2 is 1.50 bits per heavy atom. The first-order chi connectivity index (χ1) is 11.9. The van der Waals surface area contributed by atoms with E-state index in [0.29, 0.717) is 12.4 Å². The lowest BCUT2D eigenvalue weighted by Crippen LogP contribution is -2.05. The van der Waals surface area contributed by atoms with Crippen LogP contribution in [0.3, 0.4) is 0 Å². The maximum Gasteiger partial charge on any atom is 0.175 e. The van der Waals surface area contributed by atoms with Gasteiger partial charge in [-0.1, -0.05) is 60.7 Å². The molecule has 4 heteroatoms. The van der Waals surface area contributed by atoms with Gasteiger partial charge in [0.1, 0.15) is 11.2 Å². The molecule has 24 heavy (non-hydrogen) atoms. The Morgan fingerprint density at radius 3 is 2.29 bits per heavy atom. The largest absolute Gasteiger partial charge is 0.363 e. The summed E-state index contributed by atoms with van der Waals surface area (Å²) >= 11 is 0. The predicted octanol–water partition coefficient (Wildman–Crippen LogP) is 4.30. The van der Waals surface area contributed by atoms with Crippen LogP contribution in [-0.4, -0.2) is 15.2 Å². The highest BCUT2D eigenvalue weighted by Gasteiger charge is 2.11. The average molecular weight is 312 g/mol. The molecule has 4 nitrogen and oxygen atoms in total. The van der Waals surface area contributed by atoms with Crippen LogP contribution in [0, 0.1) is 0 Å². The molecular weight excluding hydrogens is 296 g/mol. The number of hydrogen-bond acceptors (Lipinski definition) is 4. The smallest absolute Gasteiger partial charge is 0.175 e. The average Bonchev–Trinajstić information content (AvgIpc) is 2.67. The second-order valence-electron chi connectivity index (χ2n) is 5.50. The van der Waals surface area contributed by atoms with Crippen LogP contribution in [0.4, 0.5) is 5.82 Å². The van der Waals surface area contributed by atoms with Crippen LogP contribution >= 0.6 is 0 Å². The van der Waals surface area contributed by atoms with E-state index in [1.165, 1.54) is 5.56 Å². The molecule has 0 aliphatic rings.